The van der Waals surface area contributed by atoms with E-state index in [4.69, 9.17) is 4.74 Å². The molecule has 5 heteroatoms. The number of ketones is 1. The van der Waals surface area contributed by atoms with Gasteiger partial charge in [-0.3, -0.25) is 9.59 Å². The fourth-order valence-corrected chi connectivity index (χ4v) is 3.41. The monoisotopic (exact) mass is 337 g/mol. The molecule has 4 nitrogen and oxygen atoms in total. The third kappa shape index (κ3) is 2.40. The Hall–Kier alpha value is -1.20. The summed E-state index contributed by atoms with van der Waals surface area (Å²) in [6, 6.07) is 5.47. The zero-order valence-corrected chi connectivity index (χ0v) is 12.7. The van der Waals surface area contributed by atoms with Crippen LogP contribution in [0.3, 0.4) is 0 Å². The van der Waals surface area contributed by atoms with Crippen LogP contribution in [0.2, 0.25) is 0 Å². The highest BCUT2D eigenvalue weighted by Crippen LogP contribution is 2.34. The van der Waals surface area contributed by atoms with E-state index >= 15 is 0 Å². The number of ether oxygens (including phenoxy) is 1. The van der Waals surface area contributed by atoms with Crippen LogP contribution in [0.4, 0.5) is 5.69 Å². The van der Waals surface area contributed by atoms with E-state index in [1.165, 1.54) is 0 Å². The van der Waals surface area contributed by atoms with Gasteiger partial charge >= 0.3 is 0 Å². The van der Waals surface area contributed by atoms with Gasteiger partial charge in [0.2, 0.25) is 0 Å². The molecule has 2 heterocycles. The van der Waals surface area contributed by atoms with E-state index < -0.39 is 11.7 Å². The zero-order chi connectivity index (χ0) is 14.1. The molecule has 0 aromatic heterocycles. The van der Waals surface area contributed by atoms with Gasteiger partial charge in [0.15, 0.2) is 0 Å². The van der Waals surface area contributed by atoms with Crippen LogP contribution >= 0.6 is 15.9 Å². The number of anilines is 1. The number of nitrogens with zero attached hydrogens (tertiary/aromatic N) is 1. The summed E-state index contributed by atoms with van der Waals surface area (Å²) in [5.74, 6) is -0.830. The molecule has 1 saturated heterocycles. The highest BCUT2D eigenvalue weighted by Gasteiger charge is 2.36. The largest absolute Gasteiger partial charge is 0.378 e. The molecule has 0 bridgehead atoms. The number of Topliss-reactive ketones (excluding diaryl/α,β-unsaturated/α-hetero) is 1. The van der Waals surface area contributed by atoms with E-state index in [9.17, 15) is 9.59 Å². The number of hydrogen-bond donors (Lipinski definition) is 0. The van der Waals surface area contributed by atoms with Crippen molar-refractivity contribution in [1.82, 2.24) is 0 Å². The molecule has 2 aliphatic rings. The summed E-state index contributed by atoms with van der Waals surface area (Å²) in [5, 5.41) is 0. The number of carbonyl (C=O) groups excluding carboxylic acids is 2. The minimum Gasteiger partial charge on any atom is -0.378 e. The maximum atomic E-state index is 12.1. The van der Waals surface area contributed by atoms with Gasteiger partial charge in [-0.05, 0) is 53.7 Å². The van der Waals surface area contributed by atoms with Crippen LogP contribution in [0.5, 0.6) is 0 Å². The number of amides is 1. The number of rotatable bonds is 4. The normalized spacial score (nSPS) is 21.6. The topological polar surface area (TPSA) is 46.6 Å². The van der Waals surface area contributed by atoms with Crippen molar-refractivity contribution in [2.45, 2.75) is 31.8 Å². The van der Waals surface area contributed by atoms with Gasteiger partial charge in [-0.15, -0.1) is 0 Å². The second kappa shape index (κ2) is 5.66. The lowest BCUT2D eigenvalue weighted by Crippen LogP contribution is -2.31. The first-order valence-corrected chi connectivity index (χ1v) is 7.74. The summed E-state index contributed by atoms with van der Waals surface area (Å²) in [4.78, 5) is 25.7. The lowest BCUT2D eigenvalue weighted by molar-refractivity contribution is -0.114. The summed E-state index contributed by atoms with van der Waals surface area (Å²) in [5.41, 5.74) is 1.22. The quantitative estimate of drug-likeness (QED) is 0.793. The molecule has 1 atom stereocenters. The second-order valence-corrected chi connectivity index (χ2v) is 6.05. The van der Waals surface area contributed by atoms with Crippen molar-refractivity contribution in [2.75, 3.05) is 18.1 Å². The number of carbonyl (C=O) groups is 2. The van der Waals surface area contributed by atoms with Gasteiger partial charge in [-0.2, -0.15) is 0 Å². The third-order valence-electron chi connectivity index (χ3n) is 3.88. The molecule has 3 rings (SSSR count). The van der Waals surface area contributed by atoms with Crippen LogP contribution in [0.25, 0.3) is 0 Å². The van der Waals surface area contributed by atoms with Crippen molar-refractivity contribution >= 4 is 33.3 Å². The Bertz CT molecular complexity index is 552. The van der Waals surface area contributed by atoms with Crippen molar-refractivity contribution in [3.05, 3.63) is 28.2 Å². The molecule has 0 aliphatic carbocycles. The van der Waals surface area contributed by atoms with E-state index in [1.54, 1.807) is 11.0 Å². The van der Waals surface area contributed by atoms with Gasteiger partial charge in [0.05, 0.1) is 17.4 Å². The fraction of sp³-hybridized carbons (Fsp3) is 0.467. The summed E-state index contributed by atoms with van der Waals surface area (Å²) in [6.07, 6.45) is 4.36. The predicted molar refractivity (Wildman–Crippen MR) is 79.0 cm³/mol. The Labute approximate surface area is 126 Å². The molecule has 20 heavy (non-hydrogen) atoms. The second-order valence-electron chi connectivity index (χ2n) is 5.20. The summed E-state index contributed by atoms with van der Waals surface area (Å²) >= 11 is 3.35. The van der Waals surface area contributed by atoms with Crippen LogP contribution < -0.4 is 4.90 Å². The molecule has 1 aromatic carbocycles. The molecular formula is C15H16BrNO3. The molecule has 0 N–H and O–H groups in total. The molecule has 0 saturated carbocycles. The molecule has 2 aliphatic heterocycles. The standard InChI is InChI=1S/C15H16BrNO3/c16-11-6-1-7-12-13(11)14(18)15(19)17(12)8-2-4-10-5-3-9-20-10/h1,6-7,10H,2-5,8-9H2. The maximum absolute atomic E-state index is 12.1. The first-order valence-electron chi connectivity index (χ1n) is 6.95. The van der Waals surface area contributed by atoms with Crippen LogP contribution in [0.1, 0.15) is 36.0 Å². The molecule has 0 radical (unpaired) electrons. The zero-order valence-electron chi connectivity index (χ0n) is 11.1. The van der Waals surface area contributed by atoms with Crippen LogP contribution in [-0.4, -0.2) is 30.9 Å². The Morgan fingerprint density at radius 1 is 1.35 bits per heavy atom. The number of benzene rings is 1. The molecule has 1 unspecified atom stereocenters. The van der Waals surface area contributed by atoms with Crippen molar-refractivity contribution in [3.8, 4) is 0 Å². The predicted octanol–water partition coefficient (Wildman–Crippen LogP) is 2.94. The lowest BCUT2D eigenvalue weighted by Gasteiger charge is -2.17. The van der Waals surface area contributed by atoms with E-state index in [0.29, 0.717) is 22.7 Å². The van der Waals surface area contributed by atoms with Crippen molar-refractivity contribution in [2.24, 2.45) is 0 Å². The van der Waals surface area contributed by atoms with Crippen molar-refractivity contribution in [3.63, 3.8) is 0 Å². The first kappa shape index (κ1) is 13.8. The minimum atomic E-state index is -0.417. The Morgan fingerprint density at radius 2 is 2.20 bits per heavy atom. The molecule has 0 spiro atoms. The van der Waals surface area contributed by atoms with Crippen LogP contribution in [0, 0.1) is 0 Å². The molecule has 1 fully saturated rings. The van der Waals surface area contributed by atoms with E-state index in [0.717, 1.165) is 38.0 Å². The highest BCUT2D eigenvalue weighted by atomic mass is 79.9. The van der Waals surface area contributed by atoms with Crippen LogP contribution in [0.15, 0.2) is 22.7 Å². The van der Waals surface area contributed by atoms with Gasteiger partial charge in [-0.1, -0.05) is 6.07 Å². The Balaban J connectivity index is 1.69. The number of fused-ring (bicyclic) bond motifs is 1. The molecular weight excluding hydrogens is 322 g/mol. The van der Waals surface area contributed by atoms with Gasteiger partial charge in [0.25, 0.3) is 11.7 Å². The highest BCUT2D eigenvalue weighted by molar-refractivity contribution is 9.10. The minimum absolute atomic E-state index is 0.324. The van der Waals surface area contributed by atoms with Gasteiger partial charge in [-0.25, -0.2) is 0 Å². The van der Waals surface area contributed by atoms with Crippen molar-refractivity contribution in [1.29, 1.82) is 0 Å². The van der Waals surface area contributed by atoms with Gasteiger partial charge < -0.3 is 9.64 Å². The summed E-state index contributed by atoms with van der Waals surface area (Å²) in [6.45, 7) is 1.43. The van der Waals surface area contributed by atoms with E-state index in [-0.39, 0.29) is 0 Å². The van der Waals surface area contributed by atoms with Gasteiger partial charge in [0, 0.05) is 17.6 Å². The van der Waals surface area contributed by atoms with Gasteiger partial charge in [0.1, 0.15) is 0 Å². The first-order chi connectivity index (χ1) is 9.68. The lowest BCUT2D eigenvalue weighted by atomic mass is 10.1. The molecule has 106 valence electrons. The van der Waals surface area contributed by atoms with E-state index in [2.05, 4.69) is 15.9 Å². The average Bonchev–Trinajstić information content (AvgIpc) is 3.02. The molecule has 1 amide bonds. The maximum Gasteiger partial charge on any atom is 0.299 e. The Kier molecular flexibility index (Phi) is 3.89. The number of halogens is 1. The third-order valence-corrected chi connectivity index (χ3v) is 4.54. The summed E-state index contributed by atoms with van der Waals surface area (Å²) < 4.78 is 6.27. The SMILES string of the molecule is O=C1C(=O)N(CCCC2CCCO2)c2cccc(Br)c21. The Morgan fingerprint density at radius 3 is 2.95 bits per heavy atom. The number of hydrogen-bond acceptors (Lipinski definition) is 3. The fourth-order valence-electron chi connectivity index (χ4n) is 2.87. The van der Waals surface area contributed by atoms with Crippen LogP contribution in [-0.2, 0) is 9.53 Å². The van der Waals surface area contributed by atoms with Crippen molar-refractivity contribution < 1.29 is 14.3 Å². The van der Waals surface area contributed by atoms with E-state index in [1.807, 2.05) is 12.1 Å². The molecule has 1 aromatic rings. The smallest absolute Gasteiger partial charge is 0.299 e. The average molecular weight is 338 g/mol. The summed E-state index contributed by atoms with van der Waals surface area (Å²) in [7, 11) is 0.